The van der Waals surface area contributed by atoms with Gasteiger partial charge in [0.1, 0.15) is 11.6 Å². The Hall–Kier alpha value is -3.65. The van der Waals surface area contributed by atoms with Gasteiger partial charge in [-0.1, -0.05) is 48.0 Å². The minimum absolute atomic E-state index is 0.00550. The third-order valence-electron chi connectivity index (χ3n) is 4.84. The summed E-state index contributed by atoms with van der Waals surface area (Å²) in [6.45, 7) is 5.45. The maximum atomic E-state index is 12.9. The molecule has 1 atom stereocenters. The number of aromatic nitrogens is 1. The fraction of sp³-hybridized carbons (Fsp3) is 0.174. The predicted molar refractivity (Wildman–Crippen MR) is 111 cm³/mol. The molecule has 0 aliphatic heterocycles. The third kappa shape index (κ3) is 3.58. The van der Waals surface area contributed by atoms with Crippen molar-refractivity contribution in [3.63, 3.8) is 0 Å². The number of hydrogen-bond donors (Lipinski definition) is 1. The largest absolute Gasteiger partial charge is 0.494 e. The molecule has 28 heavy (non-hydrogen) atoms. The Balaban J connectivity index is 2.17. The summed E-state index contributed by atoms with van der Waals surface area (Å²) in [5, 5.41) is 20.4. The van der Waals surface area contributed by atoms with E-state index in [1.807, 2.05) is 74.5 Å². The standard InChI is InChI=1S/C23H21N3O2/c1-15-9-11-19(12-10-15)25-14-21-16(2)20(13-24)22(27)26(23(21)28)17(3)18-7-5-4-6-8-18/h4-12,14,17,28H,1-3H3. The fourth-order valence-electron chi connectivity index (χ4n) is 3.11. The van der Waals surface area contributed by atoms with E-state index >= 15 is 0 Å². The molecule has 2 aromatic carbocycles. The van der Waals surface area contributed by atoms with Crippen LogP contribution in [0.3, 0.4) is 0 Å². The summed E-state index contributed by atoms with van der Waals surface area (Å²) in [5.74, 6) is -0.200. The monoisotopic (exact) mass is 371 g/mol. The molecule has 0 saturated heterocycles. The van der Waals surface area contributed by atoms with Gasteiger partial charge < -0.3 is 5.11 Å². The van der Waals surface area contributed by atoms with Crippen LogP contribution >= 0.6 is 0 Å². The van der Waals surface area contributed by atoms with Gasteiger partial charge >= 0.3 is 0 Å². The van der Waals surface area contributed by atoms with Crippen LogP contribution < -0.4 is 5.56 Å². The maximum absolute atomic E-state index is 12.9. The number of nitrogens with zero attached hydrogens (tertiary/aromatic N) is 3. The van der Waals surface area contributed by atoms with Crippen molar-refractivity contribution in [2.24, 2.45) is 4.99 Å². The minimum Gasteiger partial charge on any atom is -0.494 e. The number of aliphatic imine (C=N–C) groups is 1. The summed E-state index contributed by atoms with van der Waals surface area (Å²) in [5.41, 5.74) is 2.96. The van der Waals surface area contributed by atoms with Crippen molar-refractivity contribution in [2.75, 3.05) is 0 Å². The molecule has 1 aromatic heterocycles. The quantitative estimate of drug-likeness (QED) is 0.690. The Morgan fingerprint density at radius 3 is 2.36 bits per heavy atom. The van der Waals surface area contributed by atoms with Crippen LogP contribution in [0.15, 0.2) is 64.4 Å². The van der Waals surface area contributed by atoms with Crippen LogP contribution in [0.2, 0.25) is 0 Å². The van der Waals surface area contributed by atoms with E-state index in [0.717, 1.165) is 16.8 Å². The maximum Gasteiger partial charge on any atom is 0.272 e. The van der Waals surface area contributed by atoms with Gasteiger partial charge in [0.25, 0.3) is 5.56 Å². The van der Waals surface area contributed by atoms with Gasteiger partial charge in [0.2, 0.25) is 5.88 Å². The van der Waals surface area contributed by atoms with Gasteiger partial charge in [-0.05, 0) is 44.0 Å². The lowest BCUT2D eigenvalue weighted by Gasteiger charge is -2.20. The summed E-state index contributed by atoms with van der Waals surface area (Å²) in [7, 11) is 0. The van der Waals surface area contributed by atoms with E-state index in [9.17, 15) is 15.2 Å². The molecule has 3 rings (SSSR count). The molecule has 0 spiro atoms. The molecule has 1 N–H and O–H groups in total. The van der Waals surface area contributed by atoms with E-state index in [1.165, 1.54) is 10.8 Å². The molecule has 0 saturated carbocycles. The van der Waals surface area contributed by atoms with Gasteiger partial charge in [0.05, 0.1) is 17.3 Å². The topological polar surface area (TPSA) is 78.4 Å². The number of pyridine rings is 1. The highest BCUT2D eigenvalue weighted by Crippen LogP contribution is 2.27. The van der Waals surface area contributed by atoms with Crippen molar-refractivity contribution in [2.45, 2.75) is 26.8 Å². The Bertz CT molecular complexity index is 1120. The number of hydrogen-bond acceptors (Lipinski definition) is 4. The normalized spacial score (nSPS) is 12.1. The summed E-state index contributed by atoms with van der Waals surface area (Å²) in [4.78, 5) is 17.3. The first-order valence-corrected chi connectivity index (χ1v) is 8.98. The highest BCUT2D eigenvalue weighted by Gasteiger charge is 2.22. The number of benzene rings is 2. The lowest BCUT2D eigenvalue weighted by atomic mass is 10.0. The number of nitriles is 1. The molecule has 5 heteroatoms. The van der Waals surface area contributed by atoms with Gasteiger partial charge in [-0.15, -0.1) is 0 Å². The third-order valence-corrected chi connectivity index (χ3v) is 4.84. The van der Waals surface area contributed by atoms with Gasteiger partial charge in [0.15, 0.2) is 0 Å². The Labute approximate surface area is 163 Å². The van der Waals surface area contributed by atoms with E-state index in [0.29, 0.717) is 11.1 Å². The van der Waals surface area contributed by atoms with E-state index in [1.54, 1.807) is 6.92 Å². The number of aromatic hydroxyl groups is 1. The number of aryl methyl sites for hydroxylation is 1. The van der Waals surface area contributed by atoms with Crippen LogP contribution in [0.25, 0.3) is 0 Å². The predicted octanol–water partition coefficient (Wildman–Crippen LogP) is 4.40. The Morgan fingerprint density at radius 1 is 1.11 bits per heavy atom. The minimum atomic E-state index is -0.513. The zero-order valence-electron chi connectivity index (χ0n) is 16.0. The highest BCUT2D eigenvalue weighted by molar-refractivity contribution is 5.87. The van der Waals surface area contributed by atoms with Crippen molar-refractivity contribution in [3.8, 4) is 11.9 Å². The summed E-state index contributed by atoms with van der Waals surface area (Å²) < 4.78 is 1.25. The molecule has 0 aliphatic carbocycles. The molecule has 0 fully saturated rings. The second-order valence-electron chi connectivity index (χ2n) is 6.70. The summed E-state index contributed by atoms with van der Waals surface area (Å²) in [6, 6.07) is 18.5. The lowest BCUT2D eigenvalue weighted by Crippen LogP contribution is -2.28. The molecule has 0 bridgehead atoms. The van der Waals surface area contributed by atoms with Crippen LogP contribution in [-0.2, 0) is 0 Å². The van der Waals surface area contributed by atoms with Gasteiger partial charge in [-0.25, -0.2) is 0 Å². The summed E-state index contributed by atoms with van der Waals surface area (Å²) in [6.07, 6.45) is 1.50. The summed E-state index contributed by atoms with van der Waals surface area (Å²) >= 11 is 0. The van der Waals surface area contributed by atoms with Crippen LogP contribution in [-0.4, -0.2) is 15.9 Å². The molecule has 3 aromatic rings. The molecule has 1 heterocycles. The van der Waals surface area contributed by atoms with Crippen molar-refractivity contribution in [3.05, 3.63) is 92.8 Å². The van der Waals surface area contributed by atoms with Gasteiger partial charge in [0, 0.05) is 6.21 Å². The smallest absolute Gasteiger partial charge is 0.272 e. The fourth-order valence-corrected chi connectivity index (χ4v) is 3.11. The first-order valence-electron chi connectivity index (χ1n) is 8.98. The zero-order chi connectivity index (χ0) is 20.3. The van der Waals surface area contributed by atoms with Gasteiger partial charge in [-0.3, -0.25) is 14.4 Å². The second kappa shape index (κ2) is 7.93. The zero-order valence-corrected chi connectivity index (χ0v) is 16.0. The SMILES string of the molecule is Cc1ccc(N=Cc2c(C)c(C#N)c(=O)n(C(C)c3ccccc3)c2O)cc1. The van der Waals surface area contributed by atoms with E-state index in [2.05, 4.69) is 4.99 Å². The van der Waals surface area contributed by atoms with E-state index in [4.69, 9.17) is 0 Å². The van der Waals surface area contributed by atoms with Crippen molar-refractivity contribution < 1.29 is 5.11 Å². The van der Waals surface area contributed by atoms with Crippen LogP contribution in [0.1, 0.15) is 40.8 Å². The first-order chi connectivity index (χ1) is 13.4. The average molecular weight is 371 g/mol. The lowest BCUT2D eigenvalue weighted by molar-refractivity contribution is 0.393. The van der Waals surface area contributed by atoms with Crippen LogP contribution in [0.4, 0.5) is 5.69 Å². The van der Waals surface area contributed by atoms with Crippen molar-refractivity contribution >= 4 is 11.9 Å². The van der Waals surface area contributed by atoms with E-state index < -0.39 is 11.6 Å². The second-order valence-corrected chi connectivity index (χ2v) is 6.70. The Kier molecular flexibility index (Phi) is 5.42. The van der Waals surface area contributed by atoms with E-state index in [-0.39, 0.29) is 11.4 Å². The molecule has 1 unspecified atom stereocenters. The van der Waals surface area contributed by atoms with Crippen LogP contribution in [0.5, 0.6) is 5.88 Å². The molecular weight excluding hydrogens is 350 g/mol. The molecule has 0 amide bonds. The Morgan fingerprint density at radius 2 is 1.75 bits per heavy atom. The van der Waals surface area contributed by atoms with Crippen LogP contribution in [0, 0.1) is 25.2 Å². The van der Waals surface area contributed by atoms with Gasteiger partial charge in [-0.2, -0.15) is 5.26 Å². The first kappa shape index (κ1) is 19.1. The number of rotatable bonds is 4. The van der Waals surface area contributed by atoms with Crippen molar-refractivity contribution in [1.82, 2.24) is 4.57 Å². The molecule has 0 radical (unpaired) electrons. The molecule has 0 aliphatic rings. The molecule has 5 nitrogen and oxygen atoms in total. The average Bonchev–Trinajstić information content (AvgIpc) is 2.70. The molecule has 140 valence electrons. The highest BCUT2D eigenvalue weighted by atomic mass is 16.3. The van der Waals surface area contributed by atoms with Crippen molar-refractivity contribution in [1.29, 1.82) is 5.26 Å². The molecular formula is C23H21N3O2.